The van der Waals surface area contributed by atoms with Gasteiger partial charge in [-0.25, -0.2) is 0 Å². The van der Waals surface area contributed by atoms with Crippen molar-refractivity contribution < 1.29 is 14.3 Å². The summed E-state index contributed by atoms with van der Waals surface area (Å²) in [6, 6.07) is 14.9. The van der Waals surface area contributed by atoms with Gasteiger partial charge in [0.2, 0.25) is 5.91 Å². The van der Waals surface area contributed by atoms with Gasteiger partial charge in [-0.1, -0.05) is 36.4 Å². The minimum atomic E-state index is -0.517. The Balaban J connectivity index is 1.87. The molecule has 3 rings (SSSR count). The molecule has 2 unspecified atom stereocenters. The second-order valence-corrected chi connectivity index (χ2v) is 5.54. The van der Waals surface area contributed by atoms with E-state index in [-0.39, 0.29) is 11.9 Å². The molecule has 1 aliphatic heterocycles. The van der Waals surface area contributed by atoms with Crippen LogP contribution in [-0.4, -0.2) is 31.1 Å². The first-order chi connectivity index (χ1) is 11.2. The summed E-state index contributed by atoms with van der Waals surface area (Å²) in [5, 5.41) is 0. The van der Waals surface area contributed by atoms with Crippen molar-refractivity contribution in [3.8, 4) is 11.5 Å². The van der Waals surface area contributed by atoms with Gasteiger partial charge in [0.05, 0.1) is 20.3 Å². The monoisotopic (exact) mass is 312 g/mol. The van der Waals surface area contributed by atoms with Gasteiger partial charge < -0.3 is 20.1 Å². The lowest BCUT2D eigenvalue weighted by atomic mass is 9.88. The van der Waals surface area contributed by atoms with Crippen LogP contribution in [0.4, 0.5) is 0 Å². The van der Waals surface area contributed by atoms with Crippen molar-refractivity contribution >= 4 is 5.91 Å². The normalized spacial score (nSPS) is 20.1. The number of amides is 1. The Labute approximate surface area is 135 Å². The van der Waals surface area contributed by atoms with Crippen molar-refractivity contribution in [3.63, 3.8) is 0 Å². The number of hydrogen-bond acceptors (Lipinski definition) is 4. The summed E-state index contributed by atoms with van der Waals surface area (Å²) in [4.78, 5) is 14.0. The van der Waals surface area contributed by atoms with E-state index in [1.807, 2.05) is 48.5 Å². The van der Waals surface area contributed by atoms with E-state index in [4.69, 9.17) is 15.2 Å². The summed E-state index contributed by atoms with van der Waals surface area (Å²) in [5.74, 6) is 1.26. The number of β-lactam (4-membered cyclic amide) rings is 1. The van der Waals surface area contributed by atoms with E-state index >= 15 is 0 Å². The highest BCUT2D eigenvalue weighted by atomic mass is 16.5. The Morgan fingerprint density at radius 2 is 1.74 bits per heavy atom. The number of hydrogen-bond donors (Lipinski definition) is 1. The van der Waals surface area contributed by atoms with Crippen LogP contribution in [-0.2, 0) is 11.3 Å². The number of carbonyl (C=O) groups excluding carboxylic acids is 1. The smallest absolute Gasteiger partial charge is 0.242 e. The standard InChI is InChI=1S/C18H20N2O3/c1-22-14-9-8-13(10-15(14)23-2)17-16(19)18(21)20(17)11-12-6-4-3-5-7-12/h3-10,16-17H,11,19H2,1-2H3. The Kier molecular flexibility index (Phi) is 4.21. The van der Waals surface area contributed by atoms with Gasteiger partial charge in [0.15, 0.2) is 11.5 Å². The number of nitrogens with zero attached hydrogens (tertiary/aromatic N) is 1. The van der Waals surface area contributed by atoms with Gasteiger partial charge in [0.1, 0.15) is 6.04 Å². The SMILES string of the molecule is COc1ccc(C2C(N)C(=O)N2Cc2ccccc2)cc1OC. The van der Waals surface area contributed by atoms with Crippen molar-refractivity contribution in [2.45, 2.75) is 18.6 Å². The molecule has 1 aliphatic rings. The molecule has 2 atom stereocenters. The molecule has 0 spiro atoms. The summed E-state index contributed by atoms with van der Waals surface area (Å²) < 4.78 is 10.6. The molecule has 0 aromatic heterocycles. The molecule has 1 heterocycles. The predicted octanol–water partition coefficient (Wildman–Crippen LogP) is 2.11. The molecule has 2 N–H and O–H groups in total. The van der Waals surface area contributed by atoms with Gasteiger partial charge in [-0.15, -0.1) is 0 Å². The molecule has 5 nitrogen and oxygen atoms in total. The van der Waals surface area contributed by atoms with E-state index in [1.165, 1.54) is 0 Å². The minimum absolute atomic E-state index is 0.0337. The summed E-state index contributed by atoms with van der Waals surface area (Å²) >= 11 is 0. The second kappa shape index (κ2) is 6.30. The van der Waals surface area contributed by atoms with Gasteiger partial charge in [-0.2, -0.15) is 0 Å². The molecule has 1 amide bonds. The molecule has 23 heavy (non-hydrogen) atoms. The van der Waals surface area contributed by atoms with E-state index in [0.29, 0.717) is 18.0 Å². The lowest BCUT2D eigenvalue weighted by Gasteiger charge is -2.46. The number of nitrogens with two attached hydrogens (primary N) is 1. The molecule has 1 saturated heterocycles. The zero-order chi connectivity index (χ0) is 16.4. The molecular weight excluding hydrogens is 292 g/mol. The van der Waals surface area contributed by atoms with Gasteiger partial charge in [-0.05, 0) is 23.3 Å². The maximum absolute atomic E-state index is 12.2. The molecule has 0 aliphatic carbocycles. The van der Waals surface area contributed by atoms with E-state index in [0.717, 1.165) is 11.1 Å². The number of ether oxygens (including phenoxy) is 2. The zero-order valence-corrected chi connectivity index (χ0v) is 13.2. The Morgan fingerprint density at radius 3 is 2.39 bits per heavy atom. The molecular formula is C18H20N2O3. The summed E-state index contributed by atoms with van der Waals surface area (Å²) in [6.07, 6.45) is 0. The molecule has 2 aromatic carbocycles. The highest BCUT2D eigenvalue weighted by Gasteiger charge is 2.45. The second-order valence-electron chi connectivity index (χ2n) is 5.54. The van der Waals surface area contributed by atoms with Crippen LogP contribution in [0.25, 0.3) is 0 Å². The maximum atomic E-state index is 12.2. The van der Waals surface area contributed by atoms with Gasteiger partial charge in [-0.3, -0.25) is 4.79 Å². The summed E-state index contributed by atoms with van der Waals surface area (Å²) in [5.41, 5.74) is 8.07. The van der Waals surface area contributed by atoms with E-state index in [1.54, 1.807) is 19.1 Å². The van der Waals surface area contributed by atoms with Crippen LogP contribution in [0.3, 0.4) is 0 Å². The third-order valence-corrected chi connectivity index (χ3v) is 4.19. The van der Waals surface area contributed by atoms with Crippen molar-refractivity contribution in [2.24, 2.45) is 5.73 Å². The average molecular weight is 312 g/mol. The zero-order valence-electron chi connectivity index (χ0n) is 13.2. The van der Waals surface area contributed by atoms with Gasteiger partial charge >= 0.3 is 0 Å². The summed E-state index contributed by atoms with van der Waals surface area (Å²) in [7, 11) is 3.19. The fraction of sp³-hybridized carbons (Fsp3) is 0.278. The van der Waals surface area contributed by atoms with Crippen LogP contribution in [0.5, 0.6) is 11.5 Å². The van der Waals surface area contributed by atoms with Crippen LogP contribution in [0, 0.1) is 0 Å². The fourth-order valence-corrected chi connectivity index (χ4v) is 2.96. The fourth-order valence-electron chi connectivity index (χ4n) is 2.96. The minimum Gasteiger partial charge on any atom is -0.493 e. The number of likely N-dealkylation sites (tertiary alicyclic amines) is 1. The topological polar surface area (TPSA) is 64.8 Å². The molecule has 2 aromatic rings. The Morgan fingerprint density at radius 1 is 1.04 bits per heavy atom. The van der Waals surface area contributed by atoms with E-state index < -0.39 is 6.04 Å². The van der Waals surface area contributed by atoms with Crippen molar-refractivity contribution in [1.82, 2.24) is 4.90 Å². The first kappa shape index (κ1) is 15.4. The maximum Gasteiger partial charge on any atom is 0.242 e. The number of methoxy groups -OCH3 is 2. The molecule has 0 radical (unpaired) electrons. The van der Waals surface area contributed by atoms with Crippen LogP contribution in [0.15, 0.2) is 48.5 Å². The molecule has 1 fully saturated rings. The van der Waals surface area contributed by atoms with Crippen LogP contribution >= 0.6 is 0 Å². The molecule has 0 saturated carbocycles. The lowest BCUT2D eigenvalue weighted by Crippen LogP contribution is -2.62. The molecule has 120 valence electrons. The predicted molar refractivity (Wildman–Crippen MR) is 87.3 cm³/mol. The Bertz CT molecular complexity index is 703. The van der Waals surface area contributed by atoms with E-state index in [2.05, 4.69) is 0 Å². The van der Waals surface area contributed by atoms with Crippen LogP contribution < -0.4 is 15.2 Å². The molecule has 0 bridgehead atoms. The first-order valence-electron chi connectivity index (χ1n) is 7.47. The van der Waals surface area contributed by atoms with Crippen molar-refractivity contribution in [2.75, 3.05) is 14.2 Å². The molecule has 5 heteroatoms. The highest BCUT2D eigenvalue weighted by Crippen LogP contribution is 2.38. The third-order valence-electron chi connectivity index (χ3n) is 4.19. The highest BCUT2D eigenvalue weighted by molar-refractivity contribution is 5.89. The van der Waals surface area contributed by atoms with Crippen molar-refractivity contribution in [3.05, 3.63) is 59.7 Å². The van der Waals surface area contributed by atoms with Crippen LogP contribution in [0.2, 0.25) is 0 Å². The number of benzene rings is 2. The Hall–Kier alpha value is -2.53. The number of rotatable bonds is 5. The van der Waals surface area contributed by atoms with Gasteiger partial charge in [0.25, 0.3) is 0 Å². The summed E-state index contributed by atoms with van der Waals surface area (Å²) in [6.45, 7) is 0.548. The van der Waals surface area contributed by atoms with Crippen LogP contribution in [0.1, 0.15) is 17.2 Å². The van der Waals surface area contributed by atoms with Gasteiger partial charge in [0, 0.05) is 6.54 Å². The number of carbonyl (C=O) groups is 1. The lowest BCUT2D eigenvalue weighted by molar-refractivity contribution is -0.150. The first-order valence-corrected chi connectivity index (χ1v) is 7.47. The van der Waals surface area contributed by atoms with E-state index in [9.17, 15) is 4.79 Å². The third kappa shape index (κ3) is 2.75. The quantitative estimate of drug-likeness (QED) is 0.859. The largest absolute Gasteiger partial charge is 0.493 e. The van der Waals surface area contributed by atoms with Crippen molar-refractivity contribution in [1.29, 1.82) is 0 Å². The average Bonchev–Trinajstić information content (AvgIpc) is 2.61.